The predicted octanol–water partition coefficient (Wildman–Crippen LogP) is 0.722. The molecule has 0 spiro atoms. The van der Waals surface area contributed by atoms with Crippen LogP contribution >= 0.6 is 11.3 Å². The molecule has 0 aliphatic rings. The second kappa shape index (κ2) is 6.49. The average molecular weight is 314 g/mol. The summed E-state index contributed by atoms with van der Waals surface area (Å²) in [6.07, 6.45) is 4.11. The number of rotatable bonds is 7. The Hall–Kier alpha value is -1.22. The monoisotopic (exact) mass is 314 g/mol. The van der Waals surface area contributed by atoms with E-state index in [0.717, 1.165) is 10.7 Å². The van der Waals surface area contributed by atoms with Crippen LogP contribution in [-0.2, 0) is 30.0 Å². The molecule has 20 heavy (non-hydrogen) atoms. The Kier molecular flexibility index (Phi) is 4.92. The molecule has 6 nitrogen and oxygen atoms in total. The first-order valence-electron chi connectivity index (χ1n) is 6.21. The van der Waals surface area contributed by atoms with E-state index in [9.17, 15) is 8.42 Å². The summed E-state index contributed by atoms with van der Waals surface area (Å²) >= 11 is 1.44. The Morgan fingerprint density at radius 2 is 2.25 bits per heavy atom. The molecule has 0 fully saturated rings. The molecule has 0 atom stereocenters. The molecule has 0 aliphatic heterocycles. The largest absolute Gasteiger partial charge is 0.338 e. The molecule has 0 unspecified atom stereocenters. The molecule has 0 bridgehead atoms. The minimum Gasteiger partial charge on any atom is -0.338 e. The van der Waals surface area contributed by atoms with Gasteiger partial charge in [0, 0.05) is 43.8 Å². The van der Waals surface area contributed by atoms with Gasteiger partial charge in [0.05, 0.1) is 4.90 Å². The summed E-state index contributed by atoms with van der Waals surface area (Å²) in [4.78, 5) is 5.34. The van der Waals surface area contributed by atoms with Crippen LogP contribution in [0.4, 0.5) is 0 Å². The maximum Gasteiger partial charge on any atom is 0.241 e. The van der Waals surface area contributed by atoms with Gasteiger partial charge in [0.25, 0.3) is 0 Å². The molecule has 2 heterocycles. The highest BCUT2D eigenvalue weighted by molar-refractivity contribution is 7.89. The van der Waals surface area contributed by atoms with Crippen molar-refractivity contribution in [1.29, 1.82) is 0 Å². The highest BCUT2D eigenvalue weighted by Crippen LogP contribution is 2.21. The topological polar surface area (TPSA) is 76.0 Å². The smallest absolute Gasteiger partial charge is 0.241 e. The zero-order chi connectivity index (χ0) is 14.6. The van der Waals surface area contributed by atoms with E-state index < -0.39 is 10.0 Å². The van der Waals surface area contributed by atoms with Gasteiger partial charge in [-0.3, -0.25) is 0 Å². The second-order valence-corrected chi connectivity index (χ2v) is 7.08. The lowest BCUT2D eigenvalue weighted by molar-refractivity contribution is 0.579. The summed E-state index contributed by atoms with van der Waals surface area (Å²) in [5, 5.41) is 4.77. The second-order valence-electron chi connectivity index (χ2n) is 4.34. The third-order valence-corrected chi connectivity index (χ3v) is 5.49. The van der Waals surface area contributed by atoms with E-state index in [2.05, 4.69) is 15.0 Å². The number of nitrogens with zero attached hydrogens (tertiary/aromatic N) is 2. The normalized spacial score (nSPS) is 11.9. The molecule has 0 saturated carbocycles. The van der Waals surface area contributed by atoms with Crippen LogP contribution in [0, 0.1) is 0 Å². The fourth-order valence-corrected chi connectivity index (χ4v) is 4.36. The predicted molar refractivity (Wildman–Crippen MR) is 79.2 cm³/mol. The van der Waals surface area contributed by atoms with Crippen molar-refractivity contribution in [1.82, 2.24) is 19.6 Å². The van der Waals surface area contributed by atoms with Crippen LogP contribution in [0.2, 0.25) is 0 Å². The van der Waals surface area contributed by atoms with Crippen LogP contribution in [0.15, 0.2) is 28.7 Å². The van der Waals surface area contributed by atoms with E-state index in [1.807, 2.05) is 17.8 Å². The van der Waals surface area contributed by atoms with Crippen LogP contribution in [0.3, 0.4) is 0 Å². The number of aromatic nitrogens is 2. The summed E-state index contributed by atoms with van der Waals surface area (Å²) in [7, 11) is 0.233. The van der Waals surface area contributed by atoms with Crippen molar-refractivity contribution in [3.05, 3.63) is 34.5 Å². The van der Waals surface area contributed by atoms with Crippen LogP contribution < -0.4 is 10.0 Å². The molecule has 0 amide bonds. The third kappa shape index (κ3) is 3.45. The van der Waals surface area contributed by atoms with Gasteiger partial charge >= 0.3 is 0 Å². The molecule has 0 aromatic carbocycles. The minimum absolute atomic E-state index is 0.335. The lowest BCUT2D eigenvalue weighted by Crippen LogP contribution is -2.27. The molecule has 110 valence electrons. The van der Waals surface area contributed by atoms with Gasteiger partial charge in [-0.25, -0.2) is 18.1 Å². The van der Waals surface area contributed by atoms with E-state index in [0.29, 0.717) is 24.4 Å². The lowest BCUT2D eigenvalue weighted by Gasteiger charge is -2.07. The molecule has 0 aliphatic carbocycles. The first-order valence-corrected chi connectivity index (χ1v) is 8.57. The number of sulfonamides is 1. The fraction of sp³-hybridized carbons (Fsp3) is 0.417. The maximum absolute atomic E-state index is 12.2. The molecule has 8 heteroatoms. The van der Waals surface area contributed by atoms with E-state index in [-0.39, 0.29) is 0 Å². The highest BCUT2D eigenvalue weighted by atomic mass is 32.2. The Bertz CT molecular complexity index is 661. The van der Waals surface area contributed by atoms with Crippen LogP contribution in [-0.4, -0.2) is 31.6 Å². The highest BCUT2D eigenvalue weighted by Gasteiger charge is 2.19. The molecule has 2 N–H and O–H groups in total. The first-order chi connectivity index (χ1) is 9.54. The van der Waals surface area contributed by atoms with Crippen LogP contribution in [0.5, 0.6) is 0 Å². The number of imidazole rings is 1. The van der Waals surface area contributed by atoms with Crippen molar-refractivity contribution in [3.63, 3.8) is 0 Å². The quantitative estimate of drug-likeness (QED) is 0.790. The lowest BCUT2D eigenvalue weighted by atomic mass is 10.4. The van der Waals surface area contributed by atoms with Crippen molar-refractivity contribution < 1.29 is 8.42 Å². The fourth-order valence-electron chi connectivity index (χ4n) is 1.87. The number of nitrogens with one attached hydrogen (secondary N) is 2. The number of hydrogen-bond acceptors (Lipinski definition) is 5. The van der Waals surface area contributed by atoms with E-state index in [1.54, 1.807) is 24.7 Å². The van der Waals surface area contributed by atoms with E-state index in [1.165, 1.54) is 11.3 Å². The van der Waals surface area contributed by atoms with Gasteiger partial charge in [0.2, 0.25) is 10.0 Å². The van der Waals surface area contributed by atoms with Crippen molar-refractivity contribution in [3.8, 4) is 0 Å². The number of thiophene rings is 1. The van der Waals surface area contributed by atoms with Crippen molar-refractivity contribution >= 4 is 21.4 Å². The maximum atomic E-state index is 12.2. The van der Waals surface area contributed by atoms with E-state index in [4.69, 9.17) is 0 Å². The Balaban J connectivity index is 2.00. The van der Waals surface area contributed by atoms with Crippen molar-refractivity contribution in [2.24, 2.45) is 7.05 Å². The summed E-state index contributed by atoms with van der Waals surface area (Å²) < 4.78 is 29.0. The summed E-state index contributed by atoms with van der Waals surface area (Å²) in [5.74, 6) is 0.855. The minimum atomic E-state index is -3.45. The molecular weight excluding hydrogens is 296 g/mol. The first kappa shape index (κ1) is 15.2. The molecule has 0 saturated heterocycles. The molecule has 2 rings (SSSR count). The average Bonchev–Trinajstić information content (AvgIpc) is 3.00. The van der Waals surface area contributed by atoms with Crippen molar-refractivity contribution in [2.45, 2.75) is 17.9 Å². The summed E-state index contributed by atoms with van der Waals surface area (Å²) in [6.45, 7) is 0.884. The SMILES string of the molecule is CNCc1sccc1S(=O)(=O)NCCc1nccn1C. The van der Waals surface area contributed by atoms with E-state index >= 15 is 0 Å². The molecule has 2 aromatic rings. The number of aryl methyl sites for hydroxylation is 1. The Morgan fingerprint density at radius 3 is 2.90 bits per heavy atom. The van der Waals surface area contributed by atoms with Gasteiger partial charge in [-0.2, -0.15) is 0 Å². The standard InChI is InChI=1S/C12H18N4O2S2/c1-13-9-10-11(4-8-19-10)20(17,18)15-5-3-12-14-6-7-16(12)2/h4,6-8,13,15H,3,5,9H2,1-2H3. The van der Waals surface area contributed by atoms with Crippen LogP contribution in [0.1, 0.15) is 10.7 Å². The van der Waals surface area contributed by atoms with Gasteiger partial charge < -0.3 is 9.88 Å². The van der Waals surface area contributed by atoms with Crippen LogP contribution in [0.25, 0.3) is 0 Å². The summed E-state index contributed by atoms with van der Waals surface area (Å²) in [5.41, 5.74) is 0. The molecule has 0 radical (unpaired) electrons. The third-order valence-electron chi connectivity index (χ3n) is 2.89. The van der Waals surface area contributed by atoms with Crippen molar-refractivity contribution in [2.75, 3.05) is 13.6 Å². The zero-order valence-electron chi connectivity index (χ0n) is 11.5. The van der Waals surface area contributed by atoms with Gasteiger partial charge in [0.1, 0.15) is 5.82 Å². The number of hydrogen-bond donors (Lipinski definition) is 2. The summed E-state index contributed by atoms with van der Waals surface area (Å²) in [6, 6.07) is 1.64. The Morgan fingerprint density at radius 1 is 1.45 bits per heavy atom. The zero-order valence-corrected chi connectivity index (χ0v) is 13.1. The Labute approximate surface area is 122 Å². The van der Waals surface area contributed by atoms with Gasteiger partial charge in [-0.1, -0.05) is 0 Å². The molecular formula is C12H18N4O2S2. The van der Waals surface area contributed by atoms with Gasteiger partial charge in [0.15, 0.2) is 0 Å². The molecule has 2 aromatic heterocycles. The van der Waals surface area contributed by atoms with Gasteiger partial charge in [-0.15, -0.1) is 11.3 Å². The van der Waals surface area contributed by atoms with Gasteiger partial charge in [-0.05, 0) is 18.5 Å².